The van der Waals surface area contributed by atoms with Gasteiger partial charge in [0, 0.05) is 19.3 Å². The molecule has 0 aromatic heterocycles. The number of carbonyl (C=O) groups excluding carboxylic acids is 3. The Labute approximate surface area is 503 Å². The highest BCUT2D eigenvalue weighted by molar-refractivity contribution is 5.71. The minimum absolute atomic E-state index is 0.0824. The Morgan fingerprint density at radius 3 is 0.753 bits per heavy atom. The molecule has 6 heteroatoms. The maximum absolute atomic E-state index is 13.0. The number of esters is 3. The molecule has 1 unspecified atom stereocenters. The molecule has 0 aliphatic heterocycles. The minimum Gasteiger partial charge on any atom is -0.462 e. The largest absolute Gasteiger partial charge is 0.462 e. The van der Waals surface area contributed by atoms with Crippen LogP contribution in [0, 0.1) is 0 Å². The van der Waals surface area contributed by atoms with E-state index in [1.165, 1.54) is 205 Å². The Kier molecular flexibility index (Phi) is 66.2. The second-order valence-corrected chi connectivity index (χ2v) is 23.4. The van der Waals surface area contributed by atoms with Gasteiger partial charge in [0.05, 0.1) is 0 Å². The van der Waals surface area contributed by atoms with Crippen molar-refractivity contribution in [2.24, 2.45) is 0 Å². The van der Waals surface area contributed by atoms with Crippen molar-refractivity contribution in [2.45, 2.75) is 361 Å². The fourth-order valence-corrected chi connectivity index (χ4v) is 10.2. The average molecular weight is 1130 g/mol. The molecule has 0 radical (unpaired) electrons. The number of ether oxygens (including phenoxy) is 3. The van der Waals surface area contributed by atoms with Gasteiger partial charge in [0.1, 0.15) is 13.2 Å². The van der Waals surface area contributed by atoms with E-state index >= 15 is 0 Å². The van der Waals surface area contributed by atoms with Crippen LogP contribution >= 0.6 is 0 Å². The zero-order chi connectivity index (χ0) is 58.5. The monoisotopic (exact) mass is 1130 g/mol. The predicted molar refractivity (Wildman–Crippen MR) is 353 cm³/mol. The summed E-state index contributed by atoms with van der Waals surface area (Å²) in [5.74, 6) is -0.894. The first-order valence-electron chi connectivity index (χ1n) is 35.1. The van der Waals surface area contributed by atoms with Gasteiger partial charge in [-0.15, -0.1) is 0 Å². The summed E-state index contributed by atoms with van der Waals surface area (Å²) in [5.41, 5.74) is 0. The first kappa shape index (κ1) is 77.6. The molecule has 0 aliphatic rings. The molecule has 0 bridgehead atoms. The lowest BCUT2D eigenvalue weighted by atomic mass is 10.0. The summed E-state index contributed by atoms with van der Waals surface area (Å²) in [5, 5.41) is 0. The van der Waals surface area contributed by atoms with Crippen molar-refractivity contribution in [2.75, 3.05) is 13.2 Å². The molecule has 0 amide bonds. The predicted octanol–water partition coefficient (Wildman–Crippen LogP) is 24.2. The molecule has 1 atom stereocenters. The topological polar surface area (TPSA) is 78.9 Å². The van der Waals surface area contributed by atoms with Crippen molar-refractivity contribution in [3.63, 3.8) is 0 Å². The molecule has 0 aromatic carbocycles. The first-order valence-corrected chi connectivity index (χ1v) is 35.1. The van der Waals surface area contributed by atoms with Crippen LogP contribution in [0.2, 0.25) is 0 Å². The van der Waals surface area contributed by atoms with E-state index in [2.05, 4.69) is 106 Å². The highest BCUT2D eigenvalue weighted by Gasteiger charge is 2.19. The summed E-state index contributed by atoms with van der Waals surface area (Å²) >= 11 is 0. The molecule has 0 saturated carbocycles. The molecule has 0 N–H and O–H groups in total. The lowest BCUT2D eigenvalue weighted by molar-refractivity contribution is -0.167. The van der Waals surface area contributed by atoms with Crippen LogP contribution in [-0.4, -0.2) is 37.2 Å². The molecular weight excluding hydrogens is 997 g/mol. The van der Waals surface area contributed by atoms with E-state index in [0.29, 0.717) is 19.3 Å². The standard InChI is InChI=1S/C75H132O6/c1-4-7-10-13-16-19-22-25-28-31-33-35-37-38-39-41-42-44-47-50-53-56-59-62-65-68-74(77)80-71-72(70-79-73(76)67-64-61-58-55-52-49-46-30-27-24-21-18-15-12-9-6-3)81-75(78)69-66-63-60-57-54-51-48-45-43-40-36-34-32-29-26-23-20-17-14-11-8-5-2/h7,10,16,19,25,28,33,35,38-39,42,44,50,53,72H,4-6,8-9,11-15,17-18,20-24,26-27,29-32,34,36-37,40-41,43,45-49,51-52,54-71H2,1-3H3/b10-7-,19-16-,28-25-,35-33-,39-38-,44-42-,53-50-. The lowest BCUT2D eigenvalue weighted by Gasteiger charge is -2.18. The second kappa shape index (κ2) is 69.1. The van der Waals surface area contributed by atoms with Gasteiger partial charge >= 0.3 is 17.9 Å². The molecule has 81 heavy (non-hydrogen) atoms. The smallest absolute Gasteiger partial charge is 0.306 e. The fourth-order valence-electron chi connectivity index (χ4n) is 10.2. The van der Waals surface area contributed by atoms with Crippen molar-refractivity contribution in [3.8, 4) is 0 Å². The number of rotatable bonds is 64. The summed E-state index contributed by atoms with van der Waals surface area (Å²) in [4.78, 5) is 38.5. The third-order valence-corrected chi connectivity index (χ3v) is 15.4. The Morgan fingerprint density at radius 1 is 0.259 bits per heavy atom. The van der Waals surface area contributed by atoms with Gasteiger partial charge in [-0.1, -0.05) is 343 Å². The van der Waals surface area contributed by atoms with Crippen LogP contribution in [0.5, 0.6) is 0 Å². The van der Waals surface area contributed by atoms with E-state index in [1.807, 2.05) is 0 Å². The van der Waals surface area contributed by atoms with Gasteiger partial charge in [-0.3, -0.25) is 14.4 Å². The van der Waals surface area contributed by atoms with Crippen LogP contribution < -0.4 is 0 Å². The van der Waals surface area contributed by atoms with Crippen LogP contribution in [-0.2, 0) is 28.6 Å². The maximum atomic E-state index is 13.0. The van der Waals surface area contributed by atoms with Crippen LogP contribution in [0.3, 0.4) is 0 Å². The van der Waals surface area contributed by atoms with Gasteiger partial charge in [-0.2, -0.15) is 0 Å². The molecule has 0 saturated heterocycles. The normalized spacial score (nSPS) is 12.6. The zero-order valence-corrected chi connectivity index (χ0v) is 53.8. The molecule has 468 valence electrons. The Morgan fingerprint density at radius 2 is 0.481 bits per heavy atom. The highest BCUT2D eigenvalue weighted by Crippen LogP contribution is 2.18. The third-order valence-electron chi connectivity index (χ3n) is 15.4. The molecule has 0 heterocycles. The number of unbranched alkanes of at least 4 members (excludes halogenated alkanes) is 39. The summed E-state index contributed by atoms with van der Waals surface area (Å²) in [6.45, 7) is 6.56. The third kappa shape index (κ3) is 67.3. The number of hydrogen-bond acceptors (Lipinski definition) is 6. The van der Waals surface area contributed by atoms with Crippen molar-refractivity contribution in [1.29, 1.82) is 0 Å². The first-order chi connectivity index (χ1) is 40.0. The van der Waals surface area contributed by atoms with Crippen LogP contribution in [0.1, 0.15) is 355 Å². The summed E-state index contributed by atoms with van der Waals surface area (Å²) in [6, 6.07) is 0. The minimum atomic E-state index is -0.790. The van der Waals surface area contributed by atoms with E-state index in [0.717, 1.165) is 109 Å². The highest BCUT2D eigenvalue weighted by atomic mass is 16.6. The molecule has 0 spiro atoms. The van der Waals surface area contributed by atoms with Gasteiger partial charge in [-0.05, 0) is 77.0 Å². The van der Waals surface area contributed by atoms with Gasteiger partial charge < -0.3 is 14.2 Å². The molecule has 6 nitrogen and oxygen atoms in total. The quantitative estimate of drug-likeness (QED) is 0.0261. The van der Waals surface area contributed by atoms with Crippen LogP contribution in [0.4, 0.5) is 0 Å². The fraction of sp³-hybridized carbons (Fsp3) is 0.773. The van der Waals surface area contributed by atoms with E-state index in [-0.39, 0.29) is 31.1 Å². The summed E-state index contributed by atoms with van der Waals surface area (Å²) in [6.07, 6.45) is 91.7. The Bertz CT molecular complexity index is 1530. The Balaban J connectivity index is 4.39. The zero-order valence-electron chi connectivity index (χ0n) is 53.8. The average Bonchev–Trinajstić information content (AvgIpc) is 3.47. The second-order valence-electron chi connectivity index (χ2n) is 23.4. The summed E-state index contributed by atoms with van der Waals surface area (Å²) < 4.78 is 17.0. The van der Waals surface area contributed by atoms with Gasteiger partial charge in [0.15, 0.2) is 6.10 Å². The Hall–Kier alpha value is -3.41. The van der Waals surface area contributed by atoms with Gasteiger partial charge in [-0.25, -0.2) is 0 Å². The van der Waals surface area contributed by atoms with Gasteiger partial charge in [0.2, 0.25) is 0 Å². The summed E-state index contributed by atoms with van der Waals surface area (Å²) in [7, 11) is 0. The molecule has 0 aromatic rings. The lowest BCUT2D eigenvalue weighted by Crippen LogP contribution is -2.30. The van der Waals surface area contributed by atoms with E-state index in [4.69, 9.17) is 14.2 Å². The molecular formula is C75H132O6. The van der Waals surface area contributed by atoms with Crippen molar-refractivity contribution in [3.05, 3.63) is 85.1 Å². The van der Waals surface area contributed by atoms with Crippen molar-refractivity contribution >= 4 is 17.9 Å². The molecule has 0 rings (SSSR count). The molecule has 0 fully saturated rings. The van der Waals surface area contributed by atoms with Crippen LogP contribution in [0.15, 0.2) is 85.1 Å². The van der Waals surface area contributed by atoms with Crippen LogP contribution in [0.25, 0.3) is 0 Å². The maximum Gasteiger partial charge on any atom is 0.306 e. The van der Waals surface area contributed by atoms with Gasteiger partial charge in [0.25, 0.3) is 0 Å². The van der Waals surface area contributed by atoms with Crippen molar-refractivity contribution in [1.82, 2.24) is 0 Å². The van der Waals surface area contributed by atoms with Crippen molar-refractivity contribution < 1.29 is 28.6 Å². The number of hydrogen-bond donors (Lipinski definition) is 0. The number of allylic oxidation sites excluding steroid dienone is 14. The number of carbonyl (C=O) groups is 3. The van der Waals surface area contributed by atoms with E-state index < -0.39 is 6.10 Å². The molecule has 0 aliphatic carbocycles. The van der Waals surface area contributed by atoms with E-state index in [9.17, 15) is 14.4 Å². The van der Waals surface area contributed by atoms with E-state index in [1.54, 1.807) is 0 Å². The SMILES string of the molecule is CC/C=C\C/C=C\C/C=C\C/C=C\C/C=C\C/C=C\C/C=C\CCCCCC(=O)OCC(COC(=O)CCCCCCCCCCCCCCCCCC)OC(=O)CCCCCCCCCCCCCCCCCCCCCCCC.